The number of aromatic amines is 1. The summed E-state index contributed by atoms with van der Waals surface area (Å²) in [5.41, 5.74) is 0.258. The van der Waals surface area contributed by atoms with Crippen molar-refractivity contribution in [2.24, 2.45) is 5.92 Å². The van der Waals surface area contributed by atoms with Crippen molar-refractivity contribution < 1.29 is 14.3 Å². The highest BCUT2D eigenvalue weighted by atomic mass is 16.5. The molecule has 0 atom stereocenters. The molecule has 17 heavy (non-hydrogen) atoms. The van der Waals surface area contributed by atoms with E-state index < -0.39 is 5.97 Å². The van der Waals surface area contributed by atoms with Gasteiger partial charge in [0, 0.05) is 6.54 Å². The number of imidazole rings is 1. The lowest BCUT2D eigenvalue weighted by atomic mass is 10.2. The van der Waals surface area contributed by atoms with Crippen LogP contribution >= 0.6 is 0 Å². The van der Waals surface area contributed by atoms with Crippen LogP contribution in [0.1, 0.15) is 41.9 Å². The third-order valence-electron chi connectivity index (χ3n) is 1.96. The van der Waals surface area contributed by atoms with Gasteiger partial charge in [0.05, 0.1) is 12.8 Å². The highest BCUT2D eigenvalue weighted by molar-refractivity contribution is 5.94. The third kappa shape index (κ3) is 3.90. The summed E-state index contributed by atoms with van der Waals surface area (Å²) < 4.78 is 4.75. The second kappa shape index (κ2) is 6.03. The molecule has 0 aliphatic carbocycles. The molecule has 1 aromatic heterocycles. The molecule has 1 amide bonds. The van der Waals surface area contributed by atoms with Gasteiger partial charge in [-0.05, 0) is 12.8 Å². The number of hydrogen-bond acceptors (Lipinski definition) is 4. The second-order valence-electron chi connectivity index (χ2n) is 3.97. The van der Waals surface area contributed by atoms with Crippen LogP contribution in [0.5, 0.6) is 0 Å². The molecule has 2 N–H and O–H groups in total. The van der Waals surface area contributed by atoms with Crippen LogP contribution in [0, 0.1) is 5.92 Å². The van der Waals surface area contributed by atoms with Crippen molar-refractivity contribution in [2.45, 2.75) is 20.8 Å². The normalized spacial score (nSPS) is 10.4. The van der Waals surface area contributed by atoms with E-state index in [1.54, 1.807) is 6.92 Å². The summed E-state index contributed by atoms with van der Waals surface area (Å²) in [6.07, 6.45) is 1.32. The first kappa shape index (κ1) is 13.2. The number of carbonyl (C=O) groups is 2. The van der Waals surface area contributed by atoms with Gasteiger partial charge in [-0.2, -0.15) is 0 Å². The summed E-state index contributed by atoms with van der Waals surface area (Å²) in [6, 6.07) is 0. The highest BCUT2D eigenvalue weighted by Gasteiger charge is 2.14. The molecule has 0 bridgehead atoms. The molecule has 0 radical (unpaired) electrons. The van der Waals surface area contributed by atoms with E-state index in [-0.39, 0.29) is 24.0 Å². The fourth-order valence-corrected chi connectivity index (χ4v) is 1.13. The Balaban J connectivity index is 2.61. The molecule has 1 rings (SSSR count). The largest absolute Gasteiger partial charge is 0.460 e. The first-order valence-corrected chi connectivity index (χ1v) is 5.55. The van der Waals surface area contributed by atoms with Gasteiger partial charge in [-0.25, -0.2) is 9.78 Å². The lowest BCUT2D eigenvalue weighted by molar-refractivity contribution is 0.0513. The van der Waals surface area contributed by atoms with Crippen molar-refractivity contribution >= 4 is 11.9 Å². The number of rotatable bonds is 5. The lowest BCUT2D eigenvalue weighted by Crippen LogP contribution is -2.27. The van der Waals surface area contributed by atoms with Gasteiger partial charge in [0.25, 0.3) is 5.91 Å². The van der Waals surface area contributed by atoms with Crippen LogP contribution in [0.3, 0.4) is 0 Å². The maximum Gasteiger partial charge on any atom is 0.374 e. The highest BCUT2D eigenvalue weighted by Crippen LogP contribution is 2.00. The van der Waals surface area contributed by atoms with Crippen molar-refractivity contribution in [3.8, 4) is 0 Å². The van der Waals surface area contributed by atoms with E-state index in [4.69, 9.17) is 4.74 Å². The second-order valence-corrected chi connectivity index (χ2v) is 3.97. The number of hydrogen-bond donors (Lipinski definition) is 2. The average molecular weight is 239 g/mol. The summed E-state index contributed by atoms with van der Waals surface area (Å²) in [4.78, 5) is 29.3. The molecular formula is C11H17N3O3. The standard InChI is InChI=1S/C11H17N3O3/c1-4-17-11(16)9-12-6-8(14-9)10(15)13-5-7(2)3/h6-7H,4-5H2,1-3H3,(H,12,14)(H,13,15). The number of esters is 1. The first-order chi connectivity index (χ1) is 8.04. The fourth-order valence-electron chi connectivity index (χ4n) is 1.13. The van der Waals surface area contributed by atoms with E-state index in [1.807, 2.05) is 13.8 Å². The molecule has 1 aromatic rings. The van der Waals surface area contributed by atoms with Gasteiger partial charge in [-0.15, -0.1) is 0 Å². The van der Waals surface area contributed by atoms with E-state index in [0.717, 1.165) is 0 Å². The number of carbonyl (C=O) groups excluding carboxylic acids is 2. The zero-order valence-electron chi connectivity index (χ0n) is 10.2. The Kier molecular flexibility index (Phi) is 4.68. The zero-order valence-corrected chi connectivity index (χ0v) is 10.2. The lowest BCUT2D eigenvalue weighted by Gasteiger charge is -2.05. The number of H-pyrrole nitrogens is 1. The molecule has 6 heteroatoms. The predicted octanol–water partition coefficient (Wildman–Crippen LogP) is 0.972. The van der Waals surface area contributed by atoms with Gasteiger partial charge < -0.3 is 15.0 Å². The average Bonchev–Trinajstić information content (AvgIpc) is 2.75. The molecule has 6 nitrogen and oxygen atoms in total. The summed E-state index contributed by atoms with van der Waals surface area (Å²) in [7, 11) is 0. The van der Waals surface area contributed by atoms with Gasteiger partial charge in [-0.3, -0.25) is 4.79 Å². The first-order valence-electron chi connectivity index (χ1n) is 5.55. The van der Waals surface area contributed by atoms with Gasteiger partial charge in [0.15, 0.2) is 0 Å². The van der Waals surface area contributed by atoms with Crippen molar-refractivity contribution in [1.29, 1.82) is 0 Å². The molecule has 1 heterocycles. The quantitative estimate of drug-likeness (QED) is 0.750. The number of amides is 1. The van der Waals surface area contributed by atoms with Crippen molar-refractivity contribution in [3.05, 3.63) is 17.7 Å². The van der Waals surface area contributed by atoms with Gasteiger partial charge in [0.1, 0.15) is 5.69 Å². The molecule has 0 saturated carbocycles. The number of nitrogens with one attached hydrogen (secondary N) is 2. The fraction of sp³-hybridized carbons (Fsp3) is 0.545. The maximum absolute atomic E-state index is 11.6. The van der Waals surface area contributed by atoms with Gasteiger partial charge in [-0.1, -0.05) is 13.8 Å². The zero-order chi connectivity index (χ0) is 12.8. The van der Waals surface area contributed by atoms with Gasteiger partial charge >= 0.3 is 5.97 Å². The number of nitrogens with zero attached hydrogens (tertiary/aromatic N) is 1. The number of ether oxygens (including phenoxy) is 1. The summed E-state index contributed by atoms with van der Waals surface area (Å²) >= 11 is 0. The Hall–Kier alpha value is -1.85. The monoisotopic (exact) mass is 239 g/mol. The van der Waals surface area contributed by atoms with Crippen LogP contribution in [-0.2, 0) is 4.74 Å². The van der Waals surface area contributed by atoms with E-state index in [1.165, 1.54) is 6.20 Å². The Bertz CT molecular complexity index is 398. The predicted molar refractivity (Wildman–Crippen MR) is 61.7 cm³/mol. The number of aromatic nitrogens is 2. The molecule has 0 aliphatic heterocycles. The third-order valence-corrected chi connectivity index (χ3v) is 1.96. The van der Waals surface area contributed by atoms with Crippen LogP contribution in [0.15, 0.2) is 6.20 Å². The minimum Gasteiger partial charge on any atom is -0.460 e. The Morgan fingerprint density at radius 1 is 1.53 bits per heavy atom. The smallest absolute Gasteiger partial charge is 0.374 e. The van der Waals surface area contributed by atoms with Gasteiger partial charge in [0.2, 0.25) is 5.82 Å². The van der Waals surface area contributed by atoms with Crippen LogP contribution in [0.4, 0.5) is 0 Å². The molecule has 0 aliphatic rings. The van der Waals surface area contributed by atoms with Crippen LogP contribution in [-0.4, -0.2) is 35.0 Å². The summed E-state index contributed by atoms with van der Waals surface area (Å²) in [5, 5.41) is 2.72. The minimum absolute atomic E-state index is 0.0431. The van der Waals surface area contributed by atoms with Crippen molar-refractivity contribution in [1.82, 2.24) is 15.3 Å². The van der Waals surface area contributed by atoms with Crippen molar-refractivity contribution in [3.63, 3.8) is 0 Å². The Labute approximate surface area is 99.8 Å². The molecule has 0 spiro atoms. The van der Waals surface area contributed by atoms with E-state index in [9.17, 15) is 9.59 Å². The van der Waals surface area contributed by atoms with E-state index in [2.05, 4.69) is 15.3 Å². The van der Waals surface area contributed by atoms with Crippen LogP contribution in [0.2, 0.25) is 0 Å². The SMILES string of the molecule is CCOC(=O)c1ncc(C(=O)NCC(C)C)[nH]1. The molecule has 0 saturated heterocycles. The molecule has 0 unspecified atom stereocenters. The molecule has 0 aromatic carbocycles. The molecule has 0 fully saturated rings. The summed E-state index contributed by atoms with van der Waals surface area (Å²) in [6.45, 7) is 6.55. The topological polar surface area (TPSA) is 84.1 Å². The summed E-state index contributed by atoms with van der Waals surface area (Å²) in [5.74, 6) is -0.426. The Morgan fingerprint density at radius 3 is 2.82 bits per heavy atom. The Morgan fingerprint density at radius 2 is 2.24 bits per heavy atom. The van der Waals surface area contributed by atoms with Crippen molar-refractivity contribution in [2.75, 3.05) is 13.2 Å². The van der Waals surface area contributed by atoms with E-state index in [0.29, 0.717) is 12.5 Å². The molecule has 94 valence electrons. The van der Waals surface area contributed by atoms with E-state index >= 15 is 0 Å². The molecular weight excluding hydrogens is 222 g/mol. The maximum atomic E-state index is 11.6. The van der Waals surface area contributed by atoms with Crippen LogP contribution in [0.25, 0.3) is 0 Å². The minimum atomic E-state index is -0.560. The van der Waals surface area contributed by atoms with Crippen LogP contribution < -0.4 is 5.32 Å².